The Kier molecular flexibility index (Phi) is 4.23. The van der Waals surface area contributed by atoms with Crippen LogP contribution in [0.5, 0.6) is 5.75 Å². The van der Waals surface area contributed by atoms with Crippen LogP contribution in [0.4, 0.5) is 0 Å². The first kappa shape index (κ1) is 17.5. The number of aromatic nitrogens is 1. The zero-order chi connectivity index (χ0) is 19.1. The number of ether oxygens (including phenoxy) is 1. The van der Waals surface area contributed by atoms with Gasteiger partial charge >= 0.3 is 0 Å². The molecule has 0 saturated heterocycles. The number of nitrogens with zero attached hydrogens (tertiary/aromatic N) is 1. The third-order valence-electron chi connectivity index (χ3n) is 6.56. The van der Waals surface area contributed by atoms with E-state index < -0.39 is 0 Å². The predicted octanol–water partition coefficient (Wildman–Crippen LogP) is 5.79. The summed E-state index contributed by atoms with van der Waals surface area (Å²) >= 11 is 0. The molecule has 2 heterocycles. The number of pyridine rings is 1. The minimum atomic E-state index is 0.0404. The first-order valence-corrected chi connectivity index (χ1v) is 10.5. The van der Waals surface area contributed by atoms with E-state index in [0.717, 1.165) is 12.2 Å². The molecular formula is C26H28NO+. The summed E-state index contributed by atoms with van der Waals surface area (Å²) in [6, 6.07) is 19.7. The summed E-state index contributed by atoms with van der Waals surface area (Å²) in [6.07, 6.45) is 9.55. The smallest absolute Gasteiger partial charge is 0.216 e. The molecule has 1 spiro atoms. The molecular weight excluding hydrogens is 342 g/mol. The number of fused-ring (bicyclic) bond motifs is 1. The van der Waals surface area contributed by atoms with E-state index in [1.807, 2.05) is 0 Å². The van der Waals surface area contributed by atoms with Crippen LogP contribution < -0.4 is 9.30 Å². The Morgan fingerprint density at radius 2 is 1.68 bits per heavy atom. The van der Waals surface area contributed by atoms with Crippen molar-refractivity contribution in [3.05, 3.63) is 71.9 Å². The Morgan fingerprint density at radius 3 is 2.46 bits per heavy atom. The molecule has 0 amide bonds. The maximum atomic E-state index is 6.79. The first-order valence-electron chi connectivity index (χ1n) is 10.5. The molecule has 2 aromatic carbocycles. The molecule has 1 saturated carbocycles. The molecule has 0 atom stereocenters. The lowest BCUT2D eigenvalue weighted by molar-refractivity contribution is -0.660. The first-order chi connectivity index (χ1) is 13.7. The van der Waals surface area contributed by atoms with Crippen molar-refractivity contribution >= 4 is 0 Å². The van der Waals surface area contributed by atoms with Crippen LogP contribution in [-0.2, 0) is 13.5 Å². The van der Waals surface area contributed by atoms with Gasteiger partial charge < -0.3 is 4.74 Å². The van der Waals surface area contributed by atoms with Gasteiger partial charge in [-0.25, -0.2) is 4.57 Å². The van der Waals surface area contributed by atoms with Gasteiger partial charge in [0.2, 0.25) is 5.69 Å². The van der Waals surface area contributed by atoms with E-state index in [1.165, 1.54) is 65.6 Å². The zero-order valence-electron chi connectivity index (χ0n) is 16.9. The molecule has 142 valence electrons. The van der Waals surface area contributed by atoms with E-state index in [2.05, 4.69) is 79.3 Å². The van der Waals surface area contributed by atoms with Crippen LogP contribution >= 0.6 is 0 Å². The molecule has 0 N–H and O–H groups in total. The molecule has 2 aliphatic rings. The second-order valence-corrected chi connectivity index (χ2v) is 8.55. The van der Waals surface area contributed by atoms with Gasteiger partial charge in [-0.2, -0.15) is 0 Å². The monoisotopic (exact) mass is 370 g/mol. The molecule has 2 nitrogen and oxygen atoms in total. The molecule has 1 aliphatic heterocycles. The standard InChI is InChI=1S/C26H28NO/c1-19-11-12-22-18-26(14-7-4-8-15-26)28-25(22)24(19)23-17-21(13-16-27(23)2)20-9-5-3-6-10-20/h3,5-6,9-13,16-17H,4,7-8,14-15,18H2,1-2H3/q+1. The molecule has 1 fully saturated rings. The van der Waals surface area contributed by atoms with E-state index in [9.17, 15) is 0 Å². The van der Waals surface area contributed by atoms with Crippen LogP contribution in [-0.4, -0.2) is 5.60 Å². The summed E-state index contributed by atoms with van der Waals surface area (Å²) < 4.78 is 9.02. The minimum absolute atomic E-state index is 0.0404. The third-order valence-corrected chi connectivity index (χ3v) is 6.56. The van der Waals surface area contributed by atoms with E-state index in [0.29, 0.717) is 0 Å². The molecule has 1 aliphatic carbocycles. The molecule has 2 heteroatoms. The van der Waals surface area contributed by atoms with E-state index in [4.69, 9.17) is 4.74 Å². The van der Waals surface area contributed by atoms with Gasteiger partial charge in [0.25, 0.3) is 0 Å². The van der Waals surface area contributed by atoms with Gasteiger partial charge in [0.1, 0.15) is 18.4 Å². The van der Waals surface area contributed by atoms with Crippen LogP contribution in [0.15, 0.2) is 60.8 Å². The van der Waals surface area contributed by atoms with Crippen LogP contribution in [0, 0.1) is 6.92 Å². The summed E-state index contributed by atoms with van der Waals surface area (Å²) in [5.74, 6) is 1.13. The summed E-state index contributed by atoms with van der Waals surface area (Å²) in [5.41, 5.74) is 7.69. The van der Waals surface area contributed by atoms with Gasteiger partial charge in [-0.15, -0.1) is 0 Å². The fourth-order valence-electron chi connectivity index (χ4n) is 5.00. The lowest BCUT2D eigenvalue weighted by atomic mass is 9.82. The molecule has 0 bridgehead atoms. The minimum Gasteiger partial charge on any atom is -0.486 e. The quantitative estimate of drug-likeness (QED) is 0.520. The number of aryl methyl sites for hydroxylation is 2. The summed E-state index contributed by atoms with van der Waals surface area (Å²) in [5, 5.41) is 0. The van der Waals surface area contributed by atoms with Gasteiger partial charge in [-0.3, -0.25) is 0 Å². The van der Waals surface area contributed by atoms with Crippen LogP contribution in [0.25, 0.3) is 22.4 Å². The maximum Gasteiger partial charge on any atom is 0.216 e. The van der Waals surface area contributed by atoms with Gasteiger partial charge in [0.05, 0.1) is 5.56 Å². The van der Waals surface area contributed by atoms with Crippen molar-refractivity contribution in [3.63, 3.8) is 0 Å². The largest absolute Gasteiger partial charge is 0.486 e. The van der Waals surface area contributed by atoms with Crippen LogP contribution in [0.1, 0.15) is 43.2 Å². The number of hydrogen-bond donors (Lipinski definition) is 0. The zero-order valence-corrected chi connectivity index (χ0v) is 16.9. The highest BCUT2D eigenvalue weighted by atomic mass is 16.5. The van der Waals surface area contributed by atoms with Crippen molar-refractivity contribution in [2.45, 2.75) is 51.0 Å². The van der Waals surface area contributed by atoms with Crippen molar-refractivity contribution in [2.75, 3.05) is 0 Å². The lowest BCUT2D eigenvalue weighted by Gasteiger charge is -2.32. The fraction of sp³-hybridized carbons (Fsp3) is 0.346. The Hall–Kier alpha value is -2.61. The molecule has 1 aromatic heterocycles. The highest BCUT2D eigenvalue weighted by Gasteiger charge is 2.42. The van der Waals surface area contributed by atoms with Crippen molar-refractivity contribution < 1.29 is 9.30 Å². The average molecular weight is 371 g/mol. The lowest BCUT2D eigenvalue weighted by Crippen LogP contribution is -2.36. The normalized spacial score (nSPS) is 17.4. The van der Waals surface area contributed by atoms with E-state index in [1.54, 1.807) is 0 Å². The summed E-state index contributed by atoms with van der Waals surface area (Å²) in [6.45, 7) is 2.21. The molecule has 0 radical (unpaired) electrons. The van der Waals surface area contributed by atoms with E-state index >= 15 is 0 Å². The second kappa shape index (κ2) is 6.77. The van der Waals surface area contributed by atoms with Crippen LogP contribution in [0.2, 0.25) is 0 Å². The van der Waals surface area contributed by atoms with Crippen molar-refractivity contribution in [1.82, 2.24) is 0 Å². The predicted molar refractivity (Wildman–Crippen MR) is 113 cm³/mol. The van der Waals surface area contributed by atoms with Crippen molar-refractivity contribution in [2.24, 2.45) is 7.05 Å². The van der Waals surface area contributed by atoms with Crippen LogP contribution in [0.3, 0.4) is 0 Å². The summed E-state index contributed by atoms with van der Waals surface area (Å²) in [4.78, 5) is 0. The SMILES string of the molecule is Cc1ccc2c(c1-c1cc(-c3ccccc3)cc[n+]1C)OC1(CCCCC1)C2. The van der Waals surface area contributed by atoms with Gasteiger partial charge in [0, 0.05) is 18.6 Å². The fourth-order valence-corrected chi connectivity index (χ4v) is 5.00. The highest BCUT2D eigenvalue weighted by molar-refractivity contribution is 5.76. The average Bonchev–Trinajstić information content (AvgIpc) is 3.07. The van der Waals surface area contributed by atoms with Gasteiger partial charge in [0.15, 0.2) is 6.20 Å². The van der Waals surface area contributed by atoms with Gasteiger partial charge in [-0.1, -0.05) is 48.9 Å². The molecule has 28 heavy (non-hydrogen) atoms. The second-order valence-electron chi connectivity index (χ2n) is 8.55. The molecule has 5 rings (SSSR count). The topological polar surface area (TPSA) is 13.1 Å². The Bertz CT molecular complexity index is 1020. The van der Waals surface area contributed by atoms with Crippen molar-refractivity contribution in [1.29, 1.82) is 0 Å². The Labute approximate surface area is 167 Å². The maximum absolute atomic E-state index is 6.79. The molecule has 3 aromatic rings. The Balaban J connectivity index is 1.63. The number of benzene rings is 2. The molecule has 0 unspecified atom stereocenters. The number of hydrogen-bond acceptors (Lipinski definition) is 1. The van der Waals surface area contributed by atoms with E-state index in [-0.39, 0.29) is 5.60 Å². The van der Waals surface area contributed by atoms with Crippen molar-refractivity contribution in [3.8, 4) is 28.1 Å². The third kappa shape index (κ3) is 2.92. The van der Waals surface area contributed by atoms with Gasteiger partial charge in [-0.05, 0) is 54.9 Å². The Morgan fingerprint density at radius 1 is 0.893 bits per heavy atom. The summed E-state index contributed by atoms with van der Waals surface area (Å²) in [7, 11) is 2.13. The highest BCUT2D eigenvalue weighted by Crippen LogP contribution is 2.48. The number of rotatable bonds is 2.